The molecule has 0 unspecified atom stereocenters. The second-order valence-electron chi connectivity index (χ2n) is 3.34. The number of hydrogen-bond acceptors (Lipinski definition) is 1. The Bertz CT molecular complexity index is 217. The van der Waals surface area contributed by atoms with E-state index in [1.165, 1.54) is 17.2 Å². The summed E-state index contributed by atoms with van der Waals surface area (Å²) in [6.45, 7) is 8.11. The van der Waals surface area contributed by atoms with Gasteiger partial charge in [0, 0.05) is 0 Å². The smallest absolute Gasteiger partial charge is 0.142 e. The summed E-state index contributed by atoms with van der Waals surface area (Å²) in [6.07, 6.45) is 9.24. The summed E-state index contributed by atoms with van der Waals surface area (Å²) in [5.74, 6) is 0. The van der Waals surface area contributed by atoms with Crippen LogP contribution in [0.15, 0.2) is 36.0 Å². The van der Waals surface area contributed by atoms with Gasteiger partial charge in [0.1, 0.15) is 6.29 Å². The highest BCUT2D eigenvalue weighted by molar-refractivity contribution is 5.64. The van der Waals surface area contributed by atoms with Crippen LogP contribution in [-0.2, 0) is 4.79 Å². The van der Waals surface area contributed by atoms with E-state index in [0.29, 0.717) is 0 Å². The van der Waals surface area contributed by atoms with Crippen LogP contribution in [0.25, 0.3) is 0 Å². The number of aldehydes is 1. The van der Waals surface area contributed by atoms with Crippen molar-refractivity contribution in [2.24, 2.45) is 0 Å². The summed E-state index contributed by atoms with van der Waals surface area (Å²) in [5, 5.41) is 0. The van der Waals surface area contributed by atoms with Gasteiger partial charge in [0.25, 0.3) is 0 Å². The van der Waals surface area contributed by atoms with Crippen molar-refractivity contribution in [2.75, 3.05) is 0 Å². The second kappa shape index (κ2) is 7.53. The predicted octanol–water partition coefficient (Wildman–Crippen LogP) is 3.43. The molecule has 0 N–H and O–H groups in total. The van der Waals surface area contributed by atoms with E-state index in [4.69, 9.17) is 0 Å². The first-order chi connectivity index (χ1) is 6.16. The van der Waals surface area contributed by atoms with Crippen LogP contribution in [-0.4, -0.2) is 6.29 Å². The molecule has 0 radical (unpaired) electrons. The molecule has 13 heavy (non-hydrogen) atoms. The molecule has 0 amide bonds. The van der Waals surface area contributed by atoms with Crippen molar-refractivity contribution in [1.82, 2.24) is 0 Å². The second-order valence-corrected chi connectivity index (χ2v) is 3.34. The zero-order valence-corrected chi connectivity index (χ0v) is 8.55. The number of hydrogen-bond donors (Lipinski definition) is 0. The molecule has 0 saturated heterocycles. The molecule has 0 aromatic carbocycles. The van der Waals surface area contributed by atoms with Gasteiger partial charge in [-0.2, -0.15) is 0 Å². The fourth-order valence-corrected chi connectivity index (χ4v) is 0.957. The Morgan fingerprint density at radius 1 is 1.38 bits per heavy atom. The van der Waals surface area contributed by atoms with Crippen LogP contribution in [0.3, 0.4) is 0 Å². The summed E-state index contributed by atoms with van der Waals surface area (Å²) in [5.41, 5.74) is 2.52. The van der Waals surface area contributed by atoms with E-state index in [-0.39, 0.29) is 0 Å². The van der Waals surface area contributed by atoms with Gasteiger partial charge in [-0.25, -0.2) is 0 Å². The molecule has 1 heteroatoms. The topological polar surface area (TPSA) is 17.1 Å². The number of carbonyl (C=O) groups is 1. The van der Waals surface area contributed by atoms with Gasteiger partial charge in [-0.1, -0.05) is 29.9 Å². The van der Waals surface area contributed by atoms with E-state index in [1.807, 2.05) is 6.08 Å². The van der Waals surface area contributed by atoms with Crippen molar-refractivity contribution in [3.8, 4) is 0 Å². The minimum absolute atomic E-state index is 0.795. The highest BCUT2D eigenvalue weighted by Crippen LogP contribution is 2.09. The Labute approximate surface area is 80.8 Å². The zero-order valence-electron chi connectivity index (χ0n) is 8.55. The fraction of sp³-hybridized carbons (Fsp3) is 0.417. The Balaban J connectivity index is 3.58. The van der Waals surface area contributed by atoms with Gasteiger partial charge >= 0.3 is 0 Å². The standard InChI is InChI=1S/C12H18O/c1-11(2)7-6-9-12(3)8-4-5-10-13/h4-5,7,10H,3,6,8-9H2,1-2H3. The van der Waals surface area contributed by atoms with Gasteiger partial charge in [-0.15, -0.1) is 0 Å². The molecule has 0 rings (SSSR count). The van der Waals surface area contributed by atoms with Crippen LogP contribution in [0.2, 0.25) is 0 Å². The number of rotatable bonds is 6. The third kappa shape index (κ3) is 8.80. The van der Waals surface area contributed by atoms with E-state index in [0.717, 1.165) is 25.5 Å². The molecule has 72 valence electrons. The SMILES string of the molecule is C=C(CC=CC=O)CCC=C(C)C. The summed E-state index contributed by atoms with van der Waals surface area (Å²) in [7, 11) is 0. The van der Waals surface area contributed by atoms with Crippen LogP contribution in [0.5, 0.6) is 0 Å². The lowest BCUT2D eigenvalue weighted by atomic mass is 10.1. The molecule has 1 nitrogen and oxygen atoms in total. The molecule has 0 fully saturated rings. The van der Waals surface area contributed by atoms with Crippen LogP contribution >= 0.6 is 0 Å². The molecule has 0 spiro atoms. The van der Waals surface area contributed by atoms with E-state index in [9.17, 15) is 4.79 Å². The van der Waals surface area contributed by atoms with Crippen LogP contribution in [0.4, 0.5) is 0 Å². The molecular formula is C12H18O. The van der Waals surface area contributed by atoms with Gasteiger partial charge in [-0.3, -0.25) is 4.79 Å². The lowest BCUT2D eigenvalue weighted by Crippen LogP contribution is -1.79. The number of carbonyl (C=O) groups excluding carboxylic acids is 1. The van der Waals surface area contributed by atoms with Crippen LogP contribution < -0.4 is 0 Å². The maximum Gasteiger partial charge on any atom is 0.142 e. The van der Waals surface area contributed by atoms with Gasteiger partial charge in [0.05, 0.1) is 0 Å². The number of allylic oxidation sites excluding steroid dienone is 5. The average molecular weight is 178 g/mol. The predicted molar refractivity (Wildman–Crippen MR) is 57.6 cm³/mol. The van der Waals surface area contributed by atoms with Crippen molar-refractivity contribution >= 4 is 6.29 Å². The van der Waals surface area contributed by atoms with Crippen molar-refractivity contribution < 1.29 is 4.79 Å². The first-order valence-electron chi connectivity index (χ1n) is 4.57. The Hall–Kier alpha value is -1.11. The molecule has 0 aliphatic heterocycles. The summed E-state index contributed by atoms with van der Waals surface area (Å²) >= 11 is 0. The fourth-order valence-electron chi connectivity index (χ4n) is 0.957. The highest BCUT2D eigenvalue weighted by Gasteiger charge is 1.89. The molecule has 0 aromatic heterocycles. The largest absolute Gasteiger partial charge is 0.299 e. The van der Waals surface area contributed by atoms with Crippen molar-refractivity contribution in [3.63, 3.8) is 0 Å². The Kier molecular flexibility index (Phi) is 6.89. The van der Waals surface area contributed by atoms with Gasteiger partial charge in [0.15, 0.2) is 0 Å². The third-order valence-corrected chi connectivity index (χ3v) is 1.67. The summed E-state index contributed by atoms with van der Waals surface area (Å²) in [4.78, 5) is 9.96. The van der Waals surface area contributed by atoms with E-state index in [1.54, 1.807) is 0 Å². The molecule has 0 bridgehead atoms. The van der Waals surface area contributed by atoms with Crippen molar-refractivity contribution in [3.05, 3.63) is 36.0 Å². The monoisotopic (exact) mass is 178 g/mol. The molecular weight excluding hydrogens is 160 g/mol. The molecule has 0 aliphatic rings. The first kappa shape index (κ1) is 11.9. The first-order valence-corrected chi connectivity index (χ1v) is 4.57. The average Bonchev–Trinajstić information content (AvgIpc) is 2.04. The van der Waals surface area contributed by atoms with Crippen molar-refractivity contribution in [1.29, 1.82) is 0 Å². The lowest BCUT2D eigenvalue weighted by molar-refractivity contribution is -0.104. The molecule has 0 heterocycles. The van der Waals surface area contributed by atoms with Crippen LogP contribution in [0.1, 0.15) is 33.1 Å². The third-order valence-electron chi connectivity index (χ3n) is 1.67. The molecule has 0 saturated carbocycles. The molecule has 0 atom stereocenters. The van der Waals surface area contributed by atoms with Gasteiger partial charge in [-0.05, 0) is 39.2 Å². The minimum atomic E-state index is 0.795. The van der Waals surface area contributed by atoms with Gasteiger partial charge < -0.3 is 0 Å². The maximum absolute atomic E-state index is 9.96. The molecule has 0 aromatic rings. The van der Waals surface area contributed by atoms with Crippen LogP contribution in [0, 0.1) is 0 Å². The van der Waals surface area contributed by atoms with E-state index >= 15 is 0 Å². The normalized spacial score (nSPS) is 10.0. The van der Waals surface area contributed by atoms with Gasteiger partial charge in [0.2, 0.25) is 0 Å². The quantitative estimate of drug-likeness (QED) is 0.346. The zero-order chi connectivity index (χ0) is 10.1. The highest BCUT2D eigenvalue weighted by atomic mass is 16.1. The molecule has 0 aliphatic carbocycles. The maximum atomic E-state index is 9.96. The minimum Gasteiger partial charge on any atom is -0.299 e. The summed E-state index contributed by atoms with van der Waals surface area (Å²) < 4.78 is 0. The lowest BCUT2D eigenvalue weighted by Gasteiger charge is -1.98. The van der Waals surface area contributed by atoms with E-state index < -0.39 is 0 Å². The Morgan fingerprint density at radius 3 is 2.62 bits per heavy atom. The van der Waals surface area contributed by atoms with E-state index in [2.05, 4.69) is 26.5 Å². The van der Waals surface area contributed by atoms with Crippen molar-refractivity contribution in [2.45, 2.75) is 33.1 Å². The Morgan fingerprint density at radius 2 is 2.08 bits per heavy atom. The summed E-state index contributed by atoms with van der Waals surface area (Å²) in [6, 6.07) is 0.